The Bertz CT molecular complexity index is 619. The average Bonchev–Trinajstić information content (AvgIpc) is 2.43. The van der Waals surface area contributed by atoms with Crippen LogP contribution >= 0.6 is 0 Å². The second-order valence-electron chi connectivity index (χ2n) is 5.18. The van der Waals surface area contributed by atoms with E-state index in [0.717, 1.165) is 23.1 Å². The Morgan fingerprint density at radius 3 is 2.29 bits per heavy atom. The maximum atomic E-state index is 11.0. The summed E-state index contributed by atoms with van der Waals surface area (Å²) < 4.78 is 5.01. The van der Waals surface area contributed by atoms with E-state index in [4.69, 9.17) is 4.74 Å². The Kier molecular flexibility index (Phi) is 4.63. The molecule has 0 aliphatic heterocycles. The van der Waals surface area contributed by atoms with Crippen molar-refractivity contribution in [3.05, 3.63) is 58.7 Å². The molecule has 2 aromatic carbocycles. The highest BCUT2D eigenvalue weighted by Crippen LogP contribution is 2.29. The van der Waals surface area contributed by atoms with Crippen LogP contribution in [0.15, 0.2) is 36.4 Å². The number of phenols is 1. The van der Waals surface area contributed by atoms with Crippen LogP contribution in [0.25, 0.3) is 0 Å². The lowest BCUT2D eigenvalue weighted by atomic mass is 9.98. The van der Waals surface area contributed by atoms with Crippen LogP contribution in [0.5, 0.6) is 11.5 Å². The van der Waals surface area contributed by atoms with Crippen molar-refractivity contribution in [2.24, 2.45) is 0 Å². The molecule has 2 aromatic rings. The summed E-state index contributed by atoms with van der Waals surface area (Å²) in [5, 5.41) is 10.2. The minimum Gasteiger partial charge on any atom is -0.508 e. The van der Waals surface area contributed by atoms with Gasteiger partial charge in [-0.15, -0.1) is 0 Å². The molecule has 0 spiro atoms. The largest absolute Gasteiger partial charge is 0.508 e. The first-order chi connectivity index (χ1) is 9.99. The van der Waals surface area contributed by atoms with Crippen molar-refractivity contribution in [3.63, 3.8) is 0 Å². The number of benzene rings is 2. The van der Waals surface area contributed by atoms with E-state index in [1.807, 2.05) is 6.92 Å². The third-order valence-corrected chi connectivity index (χ3v) is 3.50. The first-order valence-electron chi connectivity index (χ1n) is 7.08. The molecule has 2 rings (SSSR count). The number of hydrogen-bond donors (Lipinski definition) is 1. The molecule has 0 aliphatic carbocycles. The summed E-state index contributed by atoms with van der Waals surface area (Å²) in [6, 6.07) is 11.6. The molecule has 0 aliphatic rings. The van der Waals surface area contributed by atoms with Crippen LogP contribution in [0.4, 0.5) is 0 Å². The SMILES string of the molecule is CCc1ccc(Cc2c(C)cc(OC(C)=O)cc2O)cc1. The quantitative estimate of drug-likeness (QED) is 0.686. The molecule has 0 aromatic heterocycles. The molecular formula is C18H20O3. The Balaban J connectivity index is 2.24. The van der Waals surface area contributed by atoms with Crippen LogP contribution in [0, 0.1) is 6.92 Å². The molecule has 0 amide bonds. The lowest BCUT2D eigenvalue weighted by Crippen LogP contribution is -2.02. The third kappa shape index (κ3) is 3.85. The van der Waals surface area contributed by atoms with Gasteiger partial charge < -0.3 is 9.84 Å². The molecule has 0 saturated carbocycles. The Hall–Kier alpha value is -2.29. The molecule has 0 saturated heterocycles. The van der Waals surface area contributed by atoms with Gasteiger partial charge in [0.1, 0.15) is 11.5 Å². The van der Waals surface area contributed by atoms with Crippen LogP contribution < -0.4 is 4.74 Å². The minimum atomic E-state index is -0.392. The Morgan fingerprint density at radius 2 is 1.76 bits per heavy atom. The topological polar surface area (TPSA) is 46.5 Å². The average molecular weight is 284 g/mol. The number of carbonyl (C=O) groups is 1. The molecule has 0 radical (unpaired) electrons. The van der Waals surface area contributed by atoms with Gasteiger partial charge in [-0.05, 0) is 36.1 Å². The summed E-state index contributed by atoms with van der Waals surface area (Å²) in [5.74, 6) is 0.144. The zero-order chi connectivity index (χ0) is 15.4. The maximum absolute atomic E-state index is 11.0. The highest BCUT2D eigenvalue weighted by molar-refractivity contribution is 5.69. The van der Waals surface area contributed by atoms with Crippen LogP contribution in [-0.2, 0) is 17.6 Å². The summed E-state index contributed by atoms with van der Waals surface area (Å²) in [5.41, 5.74) is 4.21. The predicted octanol–water partition coefficient (Wildman–Crippen LogP) is 3.78. The molecule has 21 heavy (non-hydrogen) atoms. The molecule has 110 valence electrons. The Labute approximate surface area is 125 Å². The summed E-state index contributed by atoms with van der Waals surface area (Å²) in [7, 11) is 0. The van der Waals surface area contributed by atoms with Crippen LogP contribution in [-0.4, -0.2) is 11.1 Å². The number of esters is 1. The lowest BCUT2D eigenvalue weighted by molar-refractivity contribution is -0.131. The van der Waals surface area contributed by atoms with E-state index in [-0.39, 0.29) is 5.75 Å². The monoisotopic (exact) mass is 284 g/mol. The number of aryl methyl sites for hydroxylation is 2. The molecule has 0 fully saturated rings. The van der Waals surface area contributed by atoms with Crippen LogP contribution in [0.1, 0.15) is 36.1 Å². The smallest absolute Gasteiger partial charge is 0.308 e. The van der Waals surface area contributed by atoms with Crippen molar-refractivity contribution >= 4 is 5.97 Å². The van der Waals surface area contributed by atoms with Crippen molar-refractivity contribution < 1.29 is 14.6 Å². The van der Waals surface area contributed by atoms with Gasteiger partial charge in [0.2, 0.25) is 0 Å². The molecular weight excluding hydrogens is 264 g/mol. The van der Waals surface area contributed by atoms with Gasteiger partial charge in [0.05, 0.1) is 0 Å². The standard InChI is InChI=1S/C18H20O3/c1-4-14-5-7-15(8-6-14)10-17-12(2)9-16(11-18(17)20)21-13(3)19/h5-9,11,20H,4,10H2,1-3H3. The summed E-state index contributed by atoms with van der Waals surface area (Å²) >= 11 is 0. The number of rotatable bonds is 4. The number of ether oxygens (including phenoxy) is 1. The van der Waals surface area contributed by atoms with Crippen molar-refractivity contribution in [2.75, 3.05) is 0 Å². The molecule has 0 unspecified atom stereocenters. The van der Waals surface area contributed by atoms with Gasteiger partial charge in [0, 0.05) is 25.0 Å². The van der Waals surface area contributed by atoms with Crippen LogP contribution in [0.3, 0.4) is 0 Å². The highest BCUT2D eigenvalue weighted by Gasteiger charge is 2.10. The fourth-order valence-corrected chi connectivity index (χ4v) is 2.32. The van der Waals surface area contributed by atoms with Crippen molar-refractivity contribution in [3.8, 4) is 11.5 Å². The molecule has 0 bridgehead atoms. The maximum Gasteiger partial charge on any atom is 0.308 e. The van der Waals surface area contributed by atoms with Crippen molar-refractivity contribution in [1.82, 2.24) is 0 Å². The van der Waals surface area contributed by atoms with Gasteiger partial charge in [-0.2, -0.15) is 0 Å². The molecule has 1 N–H and O–H groups in total. The van der Waals surface area contributed by atoms with Gasteiger partial charge in [0.15, 0.2) is 0 Å². The number of aromatic hydroxyl groups is 1. The number of phenolic OH excluding ortho intramolecular Hbond substituents is 1. The fourth-order valence-electron chi connectivity index (χ4n) is 2.32. The summed E-state index contributed by atoms with van der Waals surface area (Å²) in [6.45, 7) is 5.37. The summed E-state index contributed by atoms with van der Waals surface area (Å²) in [6.07, 6.45) is 1.67. The van der Waals surface area contributed by atoms with E-state index in [0.29, 0.717) is 12.2 Å². The first kappa shape index (κ1) is 15.1. The minimum absolute atomic E-state index is 0.158. The van der Waals surface area contributed by atoms with Gasteiger partial charge in [-0.3, -0.25) is 4.79 Å². The van der Waals surface area contributed by atoms with Gasteiger partial charge in [0.25, 0.3) is 0 Å². The Morgan fingerprint density at radius 1 is 1.14 bits per heavy atom. The lowest BCUT2D eigenvalue weighted by Gasteiger charge is -2.11. The second-order valence-corrected chi connectivity index (χ2v) is 5.18. The van der Waals surface area contributed by atoms with E-state index in [9.17, 15) is 9.90 Å². The fraction of sp³-hybridized carbons (Fsp3) is 0.278. The van der Waals surface area contributed by atoms with Crippen molar-refractivity contribution in [2.45, 2.75) is 33.6 Å². The van der Waals surface area contributed by atoms with E-state index >= 15 is 0 Å². The van der Waals surface area contributed by atoms with Gasteiger partial charge >= 0.3 is 5.97 Å². The molecule has 3 heteroatoms. The predicted molar refractivity (Wildman–Crippen MR) is 82.8 cm³/mol. The normalized spacial score (nSPS) is 10.4. The van der Waals surface area contributed by atoms with Gasteiger partial charge in [-0.1, -0.05) is 31.2 Å². The molecule has 0 atom stereocenters. The third-order valence-electron chi connectivity index (χ3n) is 3.50. The number of hydrogen-bond acceptors (Lipinski definition) is 3. The first-order valence-corrected chi connectivity index (χ1v) is 7.08. The molecule has 0 heterocycles. The zero-order valence-corrected chi connectivity index (χ0v) is 12.6. The number of carbonyl (C=O) groups excluding carboxylic acids is 1. The summed E-state index contributed by atoms with van der Waals surface area (Å²) in [4.78, 5) is 11.0. The zero-order valence-electron chi connectivity index (χ0n) is 12.6. The van der Waals surface area contributed by atoms with Crippen LogP contribution in [0.2, 0.25) is 0 Å². The second kappa shape index (κ2) is 6.44. The molecule has 3 nitrogen and oxygen atoms in total. The van der Waals surface area contributed by atoms with Crippen molar-refractivity contribution in [1.29, 1.82) is 0 Å². The highest BCUT2D eigenvalue weighted by atomic mass is 16.5. The van der Waals surface area contributed by atoms with Gasteiger partial charge in [-0.25, -0.2) is 0 Å². The van der Waals surface area contributed by atoms with E-state index in [2.05, 4.69) is 31.2 Å². The van der Waals surface area contributed by atoms with E-state index in [1.165, 1.54) is 18.6 Å². The van der Waals surface area contributed by atoms with E-state index in [1.54, 1.807) is 6.07 Å². The van der Waals surface area contributed by atoms with E-state index < -0.39 is 5.97 Å².